The van der Waals surface area contributed by atoms with Gasteiger partial charge in [-0.2, -0.15) is 0 Å². The highest BCUT2D eigenvalue weighted by molar-refractivity contribution is 7.90. The Labute approximate surface area is 78.5 Å². The van der Waals surface area contributed by atoms with Crippen LogP contribution in [0.4, 0.5) is 0 Å². The molecule has 1 aliphatic carbocycles. The lowest BCUT2D eigenvalue weighted by molar-refractivity contribution is 0.476. The summed E-state index contributed by atoms with van der Waals surface area (Å²) in [5, 5.41) is -0.340. The molecule has 1 fully saturated rings. The van der Waals surface area contributed by atoms with Crippen LogP contribution in [-0.2, 0) is 10.0 Å². The predicted molar refractivity (Wildman–Crippen MR) is 49.6 cm³/mol. The van der Waals surface area contributed by atoms with Gasteiger partial charge in [0.15, 0.2) is 0 Å². The summed E-state index contributed by atoms with van der Waals surface area (Å²) < 4.78 is 24.4. The van der Waals surface area contributed by atoms with Gasteiger partial charge in [-0.25, -0.2) is 13.1 Å². The Hall–Kier alpha value is 0.200. The fourth-order valence-electron chi connectivity index (χ4n) is 1.13. The highest BCUT2D eigenvalue weighted by Crippen LogP contribution is 2.47. The number of rotatable bonds is 5. The first kappa shape index (κ1) is 10.3. The Kier molecular flexibility index (Phi) is 3.01. The molecule has 1 N–H and O–H groups in total. The molecule has 3 nitrogen and oxygen atoms in total. The van der Waals surface area contributed by atoms with Crippen LogP contribution in [0, 0.1) is 5.41 Å². The molecule has 0 atom stereocenters. The molecule has 0 bridgehead atoms. The molecule has 0 aromatic rings. The maximum atomic E-state index is 10.9. The third-order valence-electron chi connectivity index (χ3n) is 2.52. The highest BCUT2D eigenvalue weighted by atomic mass is 35.5. The lowest BCUT2D eigenvalue weighted by Crippen LogP contribution is -2.30. The van der Waals surface area contributed by atoms with Crippen LogP contribution >= 0.6 is 11.6 Å². The Morgan fingerprint density at radius 1 is 1.50 bits per heavy atom. The van der Waals surface area contributed by atoms with Crippen molar-refractivity contribution in [3.8, 4) is 0 Å². The quantitative estimate of drug-likeness (QED) is 0.697. The molecule has 0 aliphatic heterocycles. The van der Waals surface area contributed by atoms with Crippen LogP contribution < -0.4 is 4.72 Å². The highest BCUT2D eigenvalue weighted by Gasteiger charge is 2.40. The minimum atomic E-state index is -3.21. The monoisotopic (exact) mass is 211 g/mol. The Morgan fingerprint density at radius 3 is 2.42 bits per heavy atom. The number of halogens is 1. The van der Waals surface area contributed by atoms with Gasteiger partial charge < -0.3 is 0 Å². The van der Waals surface area contributed by atoms with Crippen molar-refractivity contribution in [2.24, 2.45) is 5.41 Å². The molecule has 1 rings (SSSR count). The molecule has 1 saturated carbocycles. The van der Waals surface area contributed by atoms with Gasteiger partial charge >= 0.3 is 0 Å². The van der Waals surface area contributed by atoms with Gasteiger partial charge in [-0.3, -0.25) is 0 Å². The first-order valence-electron chi connectivity index (χ1n) is 4.07. The summed E-state index contributed by atoms with van der Waals surface area (Å²) in [6.45, 7) is 2.64. The van der Waals surface area contributed by atoms with Crippen molar-refractivity contribution in [1.82, 2.24) is 4.72 Å². The van der Waals surface area contributed by atoms with E-state index in [4.69, 9.17) is 11.6 Å². The Morgan fingerprint density at radius 2 is 2.08 bits per heavy atom. The molecule has 0 saturated heterocycles. The average Bonchev–Trinajstić information content (AvgIpc) is 2.82. The fraction of sp³-hybridized carbons (Fsp3) is 1.00. The molecular formula is C7H14ClNO2S. The topological polar surface area (TPSA) is 46.2 Å². The van der Waals surface area contributed by atoms with E-state index in [1.54, 1.807) is 0 Å². The van der Waals surface area contributed by atoms with Crippen LogP contribution in [0.25, 0.3) is 0 Å². The third-order valence-corrected chi connectivity index (χ3v) is 4.25. The van der Waals surface area contributed by atoms with Gasteiger partial charge in [-0.15, -0.1) is 11.6 Å². The van der Waals surface area contributed by atoms with E-state index < -0.39 is 10.0 Å². The fourth-order valence-corrected chi connectivity index (χ4v) is 1.97. The van der Waals surface area contributed by atoms with E-state index in [0.29, 0.717) is 6.54 Å². The van der Waals surface area contributed by atoms with Crippen molar-refractivity contribution >= 4 is 21.6 Å². The predicted octanol–water partition coefficient (Wildman–Crippen LogP) is 1.29. The van der Waals surface area contributed by atoms with Crippen LogP contribution in [0.5, 0.6) is 0 Å². The standard InChI is InChI=1S/C7H14ClNO2S/c1-2-7(3-4-7)5-9-12(10,11)6-8/h9H,2-6H2,1H3. The summed E-state index contributed by atoms with van der Waals surface area (Å²) >= 11 is 5.24. The van der Waals surface area contributed by atoms with Gasteiger partial charge in [-0.1, -0.05) is 6.92 Å². The molecule has 12 heavy (non-hydrogen) atoms. The second-order valence-corrected chi connectivity index (χ2v) is 5.79. The van der Waals surface area contributed by atoms with E-state index in [1.165, 1.54) is 0 Å². The van der Waals surface area contributed by atoms with Crippen molar-refractivity contribution in [2.45, 2.75) is 26.2 Å². The Bertz CT molecular complexity index is 246. The number of alkyl halides is 1. The van der Waals surface area contributed by atoms with Gasteiger partial charge in [-0.05, 0) is 24.7 Å². The largest absolute Gasteiger partial charge is 0.225 e. The van der Waals surface area contributed by atoms with E-state index in [2.05, 4.69) is 11.6 Å². The first-order chi connectivity index (χ1) is 5.54. The molecule has 0 aromatic carbocycles. The number of nitrogens with one attached hydrogen (secondary N) is 1. The van der Waals surface area contributed by atoms with Crippen molar-refractivity contribution in [1.29, 1.82) is 0 Å². The minimum Gasteiger partial charge on any atom is -0.214 e. The lowest BCUT2D eigenvalue weighted by atomic mass is 10.1. The molecule has 1 aliphatic rings. The van der Waals surface area contributed by atoms with Crippen LogP contribution in [0.2, 0.25) is 0 Å². The maximum Gasteiger partial charge on any atom is 0.225 e. The van der Waals surface area contributed by atoms with Crippen molar-refractivity contribution in [2.75, 3.05) is 11.8 Å². The van der Waals surface area contributed by atoms with Gasteiger partial charge in [0.05, 0.1) is 0 Å². The molecule has 0 aromatic heterocycles. The summed E-state index contributed by atoms with van der Waals surface area (Å²) in [6, 6.07) is 0. The summed E-state index contributed by atoms with van der Waals surface area (Å²) in [6.07, 6.45) is 3.31. The zero-order valence-corrected chi connectivity index (χ0v) is 8.71. The zero-order chi connectivity index (χ0) is 9.24. The molecule has 5 heteroatoms. The normalized spacial score (nSPS) is 20.8. The van der Waals surface area contributed by atoms with Crippen LogP contribution in [0.1, 0.15) is 26.2 Å². The molecule has 72 valence electrons. The second-order valence-electron chi connectivity index (χ2n) is 3.40. The first-order valence-corrected chi connectivity index (χ1v) is 6.26. The number of sulfonamides is 1. The summed E-state index contributed by atoms with van der Waals surface area (Å²) in [5.74, 6) is 0. The smallest absolute Gasteiger partial charge is 0.214 e. The molecule has 0 heterocycles. The molecule has 0 spiro atoms. The van der Waals surface area contributed by atoms with E-state index in [9.17, 15) is 8.42 Å². The maximum absolute atomic E-state index is 10.9. The minimum absolute atomic E-state index is 0.249. The number of hydrogen-bond donors (Lipinski definition) is 1. The van der Waals surface area contributed by atoms with Crippen molar-refractivity contribution in [3.05, 3.63) is 0 Å². The van der Waals surface area contributed by atoms with E-state index in [-0.39, 0.29) is 10.6 Å². The Balaban J connectivity index is 2.35. The molecule has 0 unspecified atom stereocenters. The third kappa shape index (κ3) is 2.61. The average molecular weight is 212 g/mol. The molecular weight excluding hydrogens is 198 g/mol. The van der Waals surface area contributed by atoms with E-state index in [0.717, 1.165) is 19.3 Å². The summed E-state index contributed by atoms with van der Waals surface area (Å²) in [4.78, 5) is 0. The lowest BCUT2D eigenvalue weighted by Gasteiger charge is -2.12. The molecule has 0 radical (unpaired) electrons. The van der Waals surface area contributed by atoms with Gasteiger partial charge in [0.1, 0.15) is 5.21 Å². The van der Waals surface area contributed by atoms with Gasteiger partial charge in [0.2, 0.25) is 10.0 Å². The van der Waals surface area contributed by atoms with E-state index in [1.807, 2.05) is 0 Å². The summed E-state index contributed by atoms with van der Waals surface area (Å²) in [7, 11) is -3.21. The zero-order valence-electron chi connectivity index (χ0n) is 7.14. The van der Waals surface area contributed by atoms with Crippen molar-refractivity contribution in [3.63, 3.8) is 0 Å². The van der Waals surface area contributed by atoms with E-state index >= 15 is 0 Å². The van der Waals surface area contributed by atoms with Crippen LogP contribution in [0.3, 0.4) is 0 Å². The second kappa shape index (κ2) is 3.52. The van der Waals surface area contributed by atoms with Crippen LogP contribution in [0.15, 0.2) is 0 Å². The number of hydrogen-bond acceptors (Lipinski definition) is 2. The summed E-state index contributed by atoms with van der Waals surface area (Å²) in [5.41, 5.74) is 0.249. The van der Waals surface area contributed by atoms with Gasteiger partial charge in [0.25, 0.3) is 0 Å². The SMILES string of the molecule is CCC1(CNS(=O)(=O)CCl)CC1. The van der Waals surface area contributed by atoms with Crippen molar-refractivity contribution < 1.29 is 8.42 Å². The van der Waals surface area contributed by atoms with Gasteiger partial charge in [0, 0.05) is 6.54 Å². The molecule has 0 amide bonds. The van der Waals surface area contributed by atoms with Crippen LogP contribution in [-0.4, -0.2) is 20.2 Å².